The van der Waals surface area contributed by atoms with E-state index in [1.165, 1.54) is 0 Å². The van der Waals surface area contributed by atoms with Crippen LogP contribution < -0.4 is 10.5 Å². The van der Waals surface area contributed by atoms with Gasteiger partial charge >= 0.3 is 0 Å². The van der Waals surface area contributed by atoms with Gasteiger partial charge in [-0.1, -0.05) is 68.4 Å². The maximum atomic E-state index is 13.4. The lowest BCUT2D eigenvalue weighted by Crippen LogP contribution is -2.29. The maximum Gasteiger partial charge on any atom is 0.272 e. The number of aryl methyl sites for hydroxylation is 2. The summed E-state index contributed by atoms with van der Waals surface area (Å²) in [4.78, 5) is 23.6. The summed E-state index contributed by atoms with van der Waals surface area (Å²) in [6.07, 6.45) is 2.84. The lowest BCUT2D eigenvalue weighted by atomic mass is 9.92. The second-order valence-electron chi connectivity index (χ2n) is 9.24. The van der Waals surface area contributed by atoms with E-state index in [-0.39, 0.29) is 11.3 Å². The van der Waals surface area contributed by atoms with Crippen molar-refractivity contribution in [2.24, 2.45) is 7.05 Å². The number of carbonyl (C=O) groups is 1. The zero-order chi connectivity index (χ0) is 30.5. The molecule has 3 heterocycles. The van der Waals surface area contributed by atoms with Crippen LogP contribution in [-0.2, 0) is 19.0 Å². The second-order valence-corrected chi connectivity index (χ2v) is 10.0. The van der Waals surface area contributed by atoms with E-state index in [4.69, 9.17) is 10.5 Å². The molecule has 1 atom stereocenters. The van der Waals surface area contributed by atoms with Gasteiger partial charge in [-0.25, -0.2) is 4.98 Å². The van der Waals surface area contributed by atoms with Crippen LogP contribution in [0.15, 0.2) is 35.1 Å². The van der Waals surface area contributed by atoms with Gasteiger partial charge in [-0.15, -0.1) is 0 Å². The fourth-order valence-corrected chi connectivity index (χ4v) is 4.54. The van der Waals surface area contributed by atoms with Crippen LogP contribution in [0.1, 0.15) is 108 Å². The molecular weight excluding hydrogens is 556 g/mol. The second kappa shape index (κ2) is 16.9. The van der Waals surface area contributed by atoms with Crippen molar-refractivity contribution in [2.75, 3.05) is 12.8 Å². The third-order valence-electron chi connectivity index (χ3n) is 5.35. The van der Waals surface area contributed by atoms with Crippen LogP contribution in [0.3, 0.4) is 0 Å². The molecule has 0 fully saturated rings. The molecule has 0 aliphatic heterocycles. The first-order valence-electron chi connectivity index (χ1n) is 13.7. The minimum Gasteiger partial charge on any atom is -0.482 e. The fraction of sp³-hybridized carbons (Fsp3) is 0.533. The van der Waals surface area contributed by atoms with Crippen molar-refractivity contribution in [2.45, 2.75) is 94.2 Å². The number of ether oxygens (including phenoxy) is 1. The Morgan fingerprint density at radius 3 is 2.28 bits per heavy atom. The summed E-state index contributed by atoms with van der Waals surface area (Å²) < 4.78 is 8.79. The number of pyridine rings is 2. The van der Waals surface area contributed by atoms with Gasteiger partial charge in [0.1, 0.15) is 11.8 Å². The molecule has 39 heavy (non-hydrogen) atoms. The van der Waals surface area contributed by atoms with Gasteiger partial charge in [0.25, 0.3) is 5.91 Å². The summed E-state index contributed by atoms with van der Waals surface area (Å²) in [5.74, 6) is 0.575. The van der Waals surface area contributed by atoms with Crippen LogP contribution in [0.25, 0.3) is 0 Å². The van der Waals surface area contributed by atoms with E-state index in [0.29, 0.717) is 29.4 Å². The molecule has 0 bridgehead atoms. The van der Waals surface area contributed by atoms with Crippen molar-refractivity contribution >= 4 is 27.7 Å². The normalized spacial score (nSPS) is 11.0. The highest BCUT2D eigenvalue weighted by molar-refractivity contribution is 9.10. The number of hydrogen-bond donors (Lipinski definition) is 1. The first-order valence-corrected chi connectivity index (χ1v) is 14.5. The van der Waals surface area contributed by atoms with Crippen LogP contribution >= 0.6 is 15.9 Å². The topological polar surface area (TPSA) is 99.2 Å². The average molecular weight is 606 g/mol. The maximum absolute atomic E-state index is 13.4. The number of amides is 1. The van der Waals surface area contributed by atoms with E-state index in [1.54, 1.807) is 30.4 Å². The smallest absolute Gasteiger partial charge is 0.272 e. The van der Waals surface area contributed by atoms with Crippen molar-refractivity contribution in [1.82, 2.24) is 24.6 Å². The average Bonchev–Trinajstić information content (AvgIpc) is 3.22. The standard InChI is InChI=1S/C24H31BrN6O2.3C2H6/c1-14-11-18(22(26)28-12-14)33-15(2)16-9-8-10-27-20(16)23(32)30(6)13-17-19(25)21(24(3,4)5)29-31(17)7;3*1-2/h8-12,15H,13H2,1-7H3,(H2,26,28);3*1-2H3. The summed E-state index contributed by atoms with van der Waals surface area (Å²) in [6.45, 7) is 22.5. The van der Waals surface area contributed by atoms with Gasteiger partial charge in [0.15, 0.2) is 11.6 Å². The molecule has 3 aromatic rings. The Balaban J connectivity index is 0.00000225. The van der Waals surface area contributed by atoms with Gasteiger partial charge in [0, 0.05) is 37.5 Å². The fourth-order valence-electron chi connectivity index (χ4n) is 3.49. The number of anilines is 1. The summed E-state index contributed by atoms with van der Waals surface area (Å²) in [6, 6.07) is 5.46. The molecule has 0 spiro atoms. The largest absolute Gasteiger partial charge is 0.482 e. The van der Waals surface area contributed by atoms with Crippen molar-refractivity contribution in [3.8, 4) is 5.75 Å². The predicted molar refractivity (Wildman–Crippen MR) is 166 cm³/mol. The van der Waals surface area contributed by atoms with Crippen molar-refractivity contribution in [3.63, 3.8) is 0 Å². The molecule has 218 valence electrons. The lowest BCUT2D eigenvalue weighted by molar-refractivity contribution is 0.0770. The first-order chi connectivity index (χ1) is 18.4. The summed E-state index contributed by atoms with van der Waals surface area (Å²) in [5, 5.41) is 4.65. The third-order valence-corrected chi connectivity index (χ3v) is 6.18. The van der Waals surface area contributed by atoms with Crippen molar-refractivity contribution in [1.29, 1.82) is 0 Å². The molecule has 3 rings (SSSR count). The van der Waals surface area contributed by atoms with Crippen LogP contribution in [0, 0.1) is 6.92 Å². The highest BCUT2D eigenvalue weighted by atomic mass is 79.9. The number of hydrogen-bond acceptors (Lipinski definition) is 6. The minimum atomic E-state index is -0.451. The van der Waals surface area contributed by atoms with E-state index in [2.05, 4.69) is 51.8 Å². The predicted octanol–water partition coefficient (Wildman–Crippen LogP) is 7.65. The summed E-state index contributed by atoms with van der Waals surface area (Å²) >= 11 is 3.68. The van der Waals surface area contributed by atoms with E-state index in [0.717, 1.165) is 21.4 Å². The number of nitrogens with two attached hydrogens (primary N) is 1. The number of aromatic nitrogens is 4. The van der Waals surface area contributed by atoms with E-state index < -0.39 is 6.10 Å². The Morgan fingerprint density at radius 2 is 1.74 bits per heavy atom. The minimum absolute atomic E-state index is 0.120. The zero-order valence-electron chi connectivity index (χ0n) is 26.2. The Bertz CT molecular complexity index is 1170. The molecule has 3 aromatic heterocycles. The molecule has 8 nitrogen and oxygen atoms in total. The Kier molecular flexibility index (Phi) is 15.6. The molecule has 2 N–H and O–H groups in total. The molecular formula is C30H49BrN6O2. The molecule has 0 aliphatic carbocycles. The van der Waals surface area contributed by atoms with Crippen LogP contribution in [0.2, 0.25) is 0 Å². The molecule has 0 aromatic carbocycles. The third kappa shape index (κ3) is 9.64. The van der Waals surface area contributed by atoms with Gasteiger partial charge in [0.2, 0.25) is 0 Å². The highest BCUT2D eigenvalue weighted by Crippen LogP contribution is 2.32. The van der Waals surface area contributed by atoms with Crippen LogP contribution in [-0.4, -0.2) is 37.6 Å². The van der Waals surface area contributed by atoms with Gasteiger partial charge < -0.3 is 15.4 Å². The Hall–Kier alpha value is -2.94. The molecule has 0 aliphatic rings. The Labute approximate surface area is 244 Å². The van der Waals surface area contributed by atoms with Crippen LogP contribution in [0.4, 0.5) is 5.82 Å². The lowest BCUT2D eigenvalue weighted by Gasteiger charge is -2.22. The zero-order valence-corrected chi connectivity index (χ0v) is 27.8. The number of nitrogen functional groups attached to an aromatic ring is 1. The van der Waals surface area contributed by atoms with Crippen molar-refractivity contribution < 1.29 is 9.53 Å². The molecule has 0 saturated carbocycles. The highest BCUT2D eigenvalue weighted by Gasteiger charge is 2.27. The number of rotatable bonds is 6. The van der Waals surface area contributed by atoms with Crippen LogP contribution in [0.5, 0.6) is 5.75 Å². The van der Waals surface area contributed by atoms with Gasteiger partial charge in [-0.3, -0.25) is 14.5 Å². The molecule has 1 amide bonds. The monoisotopic (exact) mass is 604 g/mol. The summed E-state index contributed by atoms with van der Waals surface area (Å²) in [7, 11) is 3.64. The van der Waals surface area contributed by atoms with Gasteiger partial charge in [-0.2, -0.15) is 5.10 Å². The Morgan fingerprint density at radius 1 is 1.15 bits per heavy atom. The summed E-state index contributed by atoms with van der Waals surface area (Å²) in [5.41, 5.74) is 9.66. The van der Waals surface area contributed by atoms with Gasteiger partial charge in [-0.05, 0) is 47.5 Å². The van der Waals surface area contributed by atoms with E-state index in [1.807, 2.05) is 79.3 Å². The molecule has 0 radical (unpaired) electrons. The first kappa shape index (κ1) is 36.1. The number of nitrogens with zero attached hydrogens (tertiary/aromatic N) is 5. The quantitative estimate of drug-likeness (QED) is 0.310. The van der Waals surface area contributed by atoms with E-state index in [9.17, 15) is 4.79 Å². The SMILES string of the molecule is CC.CC.CC.Cc1cnc(N)c(OC(C)c2cccnc2C(=O)N(C)Cc2c(Br)c(C(C)(C)C)nn2C)c1. The molecule has 9 heteroatoms. The number of halogens is 1. The van der Waals surface area contributed by atoms with Crippen molar-refractivity contribution in [3.05, 3.63) is 63.3 Å². The van der Waals surface area contributed by atoms with Gasteiger partial charge in [0.05, 0.1) is 22.4 Å². The molecule has 0 saturated heterocycles. The number of carbonyl (C=O) groups excluding carboxylic acids is 1. The molecule has 1 unspecified atom stereocenters. The van der Waals surface area contributed by atoms with E-state index >= 15 is 0 Å².